The van der Waals surface area contributed by atoms with Crippen LogP contribution in [0.5, 0.6) is 0 Å². The second-order valence-corrected chi connectivity index (χ2v) is 21.3. The van der Waals surface area contributed by atoms with Gasteiger partial charge in [0.25, 0.3) is 26.8 Å². The molecule has 7 aromatic heterocycles. The highest BCUT2D eigenvalue weighted by molar-refractivity contribution is 7.85. The number of nitrogens with one attached hydrogen (secondary N) is 2. The predicted molar refractivity (Wildman–Crippen MR) is 312 cm³/mol. The number of allylic oxidation sites excluding steroid dienone is 2. The van der Waals surface area contributed by atoms with Gasteiger partial charge in [-0.1, -0.05) is 90.0 Å². The zero-order valence-corrected chi connectivity index (χ0v) is 45.6. The van der Waals surface area contributed by atoms with Crippen LogP contribution < -0.4 is 33.7 Å². The topological polar surface area (TPSA) is 241 Å². The number of rotatable bonds is 13. The van der Waals surface area contributed by atoms with E-state index in [2.05, 4.69) is 83.7 Å². The highest BCUT2D eigenvalue weighted by atomic mass is 32.2. The van der Waals surface area contributed by atoms with Gasteiger partial charge in [0.15, 0.2) is 0 Å². The molecule has 410 valence electrons. The average molecular weight is 1100 g/mol. The van der Waals surface area contributed by atoms with Crippen molar-refractivity contribution in [1.29, 1.82) is 0 Å². The van der Waals surface area contributed by atoms with Gasteiger partial charge in [-0.2, -0.15) is 8.42 Å². The van der Waals surface area contributed by atoms with Crippen molar-refractivity contribution < 1.29 is 12.6 Å². The monoisotopic (exact) mass is 1100 g/mol. The molecule has 7 heterocycles. The van der Waals surface area contributed by atoms with Crippen LogP contribution >= 0.6 is 0 Å². The number of pyridine rings is 3. The van der Waals surface area contributed by atoms with Crippen molar-refractivity contribution in [2.45, 2.75) is 64.5 Å². The van der Waals surface area contributed by atoms with Crippen molar-refractivity contribution in [3.05, 3.63) is 236 Å². The minimum Gasteiger partial charge on any atom is -0.358 e. The minimum absolute atomic E-state index is 0.230. The number of hydrogen-bond donors (Lipinski definition) is 2. The molecule has 80 heavy (non-hydrogen) atoms. The Morgan fingerprint density at radius 1 is 0.550 bits per heavy atom. The molecule has 10 aromatic rings. The summed E-state index contributed by atoms with van der Waals surface area (Å²) in [5, 5.41) is 2.56. The van der Waals surface area contributed by atoms with Gasteiger partial charge in [-0.15, -0.1) is 0 Å². The van der Waals surface area contributed by atoms with E-state index < -0.39 is 21.4 Å². The fourth-order valence-electron chi connectivity index (χ4n) is 10.0. The molecular weight excluding hydrogens is 1040 g/mol. The first-order valence-corrected chi connectivity index (χ1v) is 27.9. The summed E-state index contributed by atoms with van der Waals surface area (Å²) in [4.78, 5) is 89.9. The quantitative estimate of drug-likeness (QED) is 0.0903. The molecule has 0 radical (unpaired) electrons. The zero-order chi connectivity index (χ0) is 56.5. The van der Waals surface area contributed by atoms with E-state index in [1.54, 1.807) is 57.9 Å². The highest BCUT2D eigenvalue weighted by Gasteiger charge is 2.16. The van der Waals surface area contributed by atoms with Gasteiger partial charge in [0, 0.05) is 82.6 Å². The van der Waals surface area contributed by atoms with Crippen LogP contribution in [0.3, 0.4) is 0 Å². The van der Waals surface area contributed by atoms with Crippen LogP contribution in [0, 0.1) is 0 Å². The van der Waals surface area contributed by atoms with Gasteiger partial charge >= 0.3 is 17.1 Å². The van der Waals surface area contributed by atoms with Crippen LogP contribution in [0.25, 0.3) is 55.8 Å². The van der Waals surface area contributed by atoms with Crippen molar-refractivity contribution in [1.82, 2.24) is 47.8 Å². The number of para-hydroxylation sites is 1. The molecule has 20 heteroatoms. The molecule has 19 nitrogen and oxygen atoms in total. The van der Waals surface area contributed by atoms with Crippen molar-refractivity contribution in [3.8, 4) is 0 Å². The summed E-state index contributed by atoms with van der Waals surface area (Å²) in [6.07, 6.45) is 21.4. The maximum atomic E-state index is 12.6. The van der Waals surface area contributed by atoms with E-state index in [0.29, 0.717) is 52.2 Å². The van der Waals surface area contributed by atoms with Crippen molar-refractivity contribution in [2.24, 2.45) is 21.1 Å². The maximum absolute atomic E-state index is 12.6. The van der Waals surface area contributed by atoms with Crippen LogP contribution in [0.4, 0.5) is 0 Å². The van der Waals surface area contributed by atoms with Gasteiger partial charge < -0.3 is 4.98 Å². The molecule has 0 saturated heterocycles. The second kappa shape index (κ2) is 24.7. The van der Waals surface area contributed by atoms with Crippen LogP contribution in [0.2, 0.25) is 0 Å². The fourth-order valence-corrected chi connectivity index (χ4v) is 10.4. The third-order valence-electron chi connectivity index (χ3n) is 14.1. The van der Waals surface area contributed by atoms with Gasteiger partial charge in [0.2, 0.25) is 0 Å². The van der Waals surface area contributed by atoms with E-state index >= 15 is 0 Å². The molecule has 0 fully saturated rings. The number of aromatic amines is 2. The van der Waals surface area contributed by atoms with Gasteiger partial charge in [-0.3, -0.25) is 61.3 Å². The van der Waals surface area contributed by atoms with Crippen LogP contribution in [-0.2, 0) is 67.8 Å². The Balaban J connectivity index is 0.000000133. The highest BCUT2D eigenvalue weighted by Crippen LogP contribution is 2.28. The van der Waals surface area contributed by atoms with E-state index in [1.165, 1.54) is 80.2 Å². The van der Waals surface area contributed by atoms with E-state index in [4.69, 9.17) is 0 Å². The Morgan fingerprint density at radius 2 is 1.02 bits per heavy atom. The van der Waals surface area contributed by atoms with E-state index in [9.17, 15) is 37.2 Å². The Labute approximate surface area is 458 Å². The first kappa shape index (κ1) is 55.6. The molecular formula is C60H60N10O9S. The molecule has 2 N–H and O–H groups in total. The van der Waals surface area contributed by atoms with Gasteiger partial charge in [0.05, 0.1) is 45.6 Å². The van der Waals surface area contributed by atoms with E-state index in [-0.39, 0.29) is 29.1 Å². The minimum atomic E-state index is -3.31. The molecule has 0 bridgehead atoms. The lowest BCUT2D eigenvalue weighted by molar-refractivity contribution is 0.315. The van der Waals surface area contributed by atoms with Crippen LogP contribution in [-0.4, -0.2) is 69.0 Å². The van der Waals surface area contributed by atoms with Crippen molar-refractivity contribution >= 4 is 65.9 Å². The van der Waals surface area contributed by atoms with Crippen molar-refractivity contribution in [3.63, 3.8) is 0 Å². The molecule has 3 aromatic carbocycles. The summed E-state index contributed by atoms with van der Waals surface area (Å²) in [6, 6.07) is 31.9. The molecule has 0 saturated carbocycles. The number of H-pyrrole nitrogens is 2. The molecule has 2 aliphatic rings. The Morgan fingerprint density at radius 3 is 1.52 bits per heavy atom. The molecule has 0 spiro atoms. The fraction of sp³-hybridized carbons (Fsp3) is 0.250. The predicted octanol–water partition coefficient (Wildman–Crippen LogP) is 6.73. The number of aromatic nitrogens is 10. The van der Waals surface area contributed by atoms with Crippen LogP contribution in [0.15, 0.2) is 174 Å². The molecule has 0 aliphatic heterocycles. The van der Waals surface area contributed by atoms with E-state index in [0.717, 1.165) is 62.4 Å². The molecule has 0 amide bonds. The summed E-state index contributed by atoms with van der Waals surface area (Å²) in [6.45, 7) is 1.07. The molecule has 0 unspecified atom stereocenters. The summed E-state index contributed by atoms with van der Waals surface area (Å²) >= 11 is 0. The van der Waals surface area contributed by atoms with Gasteiger partial charge in [0.1, 0.15) is 0 Å². The summed E-state index contributed by atoms with van der Waals surface area (Å²) in [7, 11) is 1.67. The van der Waals surface area contributed by atoms with Gasteiger partial charge in [-0.25, -0.2) is 14.4 Å². The lowest BCUT2D eigenvalue weighted by atomic mass is 10.1. The van der Waals surface area contributed by atoms with E-state index in [1.807, 2.05) is 36.4 Å². The standard InChI is InChI=1S/2C20H19N3O2.C12H15NO3S.C8H7N3O2/c2*1-22-18-8-9-21-13-17(18)19(24)23(20(22)25)10-4-5-14-11-15-6-2-3-7-16(15)12-14;1-17(14,15)16-8-4-6-11-9-10-5-2-3-7-12(10)13-11;1-11-6-2-3-9-4-5(6)7(12)10-8(11)13/h2*2-3,6-9,11,13H,4-5,10,12H2,1H3;2-3,5,7,9,13H,4,6,8H2,1H3;2-4H,1H3,(H,10,12,13). The lowest BCUT2D eigenvalue weighted by Gasteiger charge is -2.10. The normalized spacial score (nSPS) is 12.4. The first-order chi connectivity index (χ1) is 38.5. The third-order valence-corrected chi connectivity index (χ3v) is 14.7. The largest absolute Gasteiger partial charge is 0.358 e. The number of hydrogen-bond acceptors (Lipinski definition) is 12. The Bertz CT molecular complexity index is 4290. The average Bonchev–Trinajstić information content (AvgIpc) is 4.21. The van der Waals surface area contributed by atoms with Crippen molar-refractivity contribution in [2.75, 3.05) is 12.9 Å². The number of benzene rings is 3. The SMILES string of the molecule is CS(=O)(=O)OCCCc1cc2ccccc2[nH]1.Cn1c(=O)[nH]c(=O)c2cnccc21.Cn1c(=O)n(CCCC2=Cc3ccccc3C2)c(=O)c2cnccc21.Cn1c(=O)n(CCCC2=Cc3ccccc3C2)c(=O)c2cnccc21. The Hall–Kier alpha value is -9.14. The zero-order valence-electron chi connectivity index (χ0n) is 44.8. The summed E-state index contributed by atoms with van der Waals surface area (Å²) in [5.74, 6) is 0. The third kappa shape index (κ3) is 12.9. The van der Waals surface area contributed by atoms with Crippen LogP contribution in [0.1, 0.15) is 60.1 Å². The lowest BCUT2D eigenvalue weighted by Crippen LogP contribution is -2.39. The Kier molecular flexibility index (Phi) is 17.2. The second-order valence-electron chi connectivity index (χ2n) is 19.7. The maximum Gasteiger partial charge on any atom is 0.331 e. The molecule has 0 atom stereocenters. The molecule has 12 rings (SSSR count). The number of fused-ring (bicyclic) bond motifs is 6. The first-order valence-electron chi connectivity index (χ1n) is 26.1. The summed E-state index contributed by atoms with van der Waals surface area (Å²) < 4.78 is 33.2. The smallest absolute Gasteiger partial charge is 0.331 e. The number of nitrogens with zero attached hydrogens (tertiary/aromatic N) is 8. The summed E-state index contributed by atoms with van der Waals surface area (Å²) in [5.41, 5.74) is 10.1. The van der Waals surface area contributed by atoms with Gasteiger partial charge in [-0.05, 0) is 109 Å². The molecule has 2 aliphatic carbocycles. The number of aryl methyl sites for hydroxylation is 4.